The average molecular weight is 355 g/mol. The third-order valence-corrected chi connectivity index (χ3v) is 4.34. The molecule has 20 heavy (non-hydrogen) atoms. The van der Waals surface area contributed by atoms with Gasteiger partial charge in [-0.05, 0) is 34.8 Å². The summed E-state index contributed by atoms with van der Waals surface area (Å²) in [6.45, 7) is 6.12. The minimum absolute atomic E-state index is 0.125. The Morgan fingerprint density at radius 2 is 2.25 bits per heavy atom. The lowest BCUT2D eigenvalue weighted by Crippen LogP contribution is -2.12. The van der Waals surface area contributed by atoms with Crippen molar-refractivity contribution < 1.29 is 9.53 Å². The standard InChI is InChI=1S/C14H15BrN2O2S/c1-4-19-14(18)10-6-16-13(17-12(10)8(2)3)11-5-9(15)7-20-11/h5-8H,4H2,1-3H3. The van der Waals surface area contributed by atoms with Gasteiger partial charge in [-0.3, -0.25) is 0 Å². The summed E-state index contributed by atoms with van der Waals surface area (Å²) < 4.78 is 6.05. The fourth-order valence-electron chi connectivity index (χ4n) is 1.75. The molecule has 2 aromatic heterocycles. The Hall–Kier alpha value is -1.27. The van der Waals surface area contributed by atoms with Crippen LogP contribution in [0.4, 0.5) is 0 Å². The van der Waals surface area contributed by atoms with Crippen molar-refractivity contribution in [1.82, 2.24) is 9.97 Å². The van der Waals surface area contributed by atoms with Gasteiger partial charge in [-0.2, -0.15) is 0 Å². The largest absolute Gasteiger partial charge is 0.462 e. The van der Waals surface area contributed by atoms with Crippen LogP contribution in [-0.4, -0.2) is 22.5 Å². The first kappa shape index (κ1) is 15.1. The van der Waals surface area contributed by atoms with Gasteiger partial charge in [-0.15, -0.1) is 11.3 Å². The number of aromatic nitrogens is 2. The van der Waals surface area contributed by atoms with Crippen LogP contribution in [0.3, 0.4) is 0 Å². The van der Waals surface area contributed by atoms with E-state index in [1.54, 1.807) is 24.5 Å². The van der Waals surface area contributed by atoms with Crippen molar-refractivity contribution in [2.24, 2.45) is 0 Å². The number of carbonyl (C=O) groups is 1. The molecule has 6 heteroatoms. The second-order valence-corrected chi connectivity index (χ2v) is 6.32. The van der Waals surface area contributed by atoms with E-state index in [-0.39, 0.29) is 11.9 Å². The van der Waals surface area contributed by atoms with Crippen LogP contribution in [0, 0.1) is 0 Å². The zero-order chi connectivity index (χ0) is 14.7. The molecule has 0 saturated heterocycles. The van der Waals surface area contributed by atoms with Crippen LogP contribution in [0.1, 0.15) is 42.7 Å². The minimum atomic E-state index is -0.366. The van der Waals surface area contributed by atoms with Gasteiger partial charge in [-0.25, -0.2) is 14.8 Å². The summed E-state index contributed by atoms with van der Waals surface area (Å²) in [7, 11) is 0. The molecule has 0 aliphatic heterocycles. The molecule has 0 atom stereocenters. The Morgan fingerprint density at radius 1 is 1.50 bits per heavy atom. The van der Waals surface area contributed by atoms with Gasteiger partial charge in [0.25, 0.3) is 0 Å². The molecule has 0 aromatic carbocycles. The van der Waals surface area contributed by atoms with Crippen LogP contribution in [0.15, 0.2) is 22.1 Å². The lowest BCUT2D eigenvalue weighted by Gasteiger charge is -2.11. The molecule has 0 radical (unpaired) electrons. The highest BCUT2D eigenvalue weighted by molar-refractivity contribution is 9.10. The Morgan fingerprint density at radius 3 is 2.80 bits per heavy atom. The van der Waals surface area contributed by atoms with E-state index >= 15 is 0 Å². The first-order valence-corrected chi connectivity index (χ1v) is 7.98. The molecule has 4 nitrogen and oxygen atoms in total. The van der Waals surface area contributed by atoms with E-state index in [2.05, 4.69) is 25.9 Å². The van der Waals surface area contributed by atoms with Crippen LogP contribution in [0.25, 0.3) is 10.7 Å². The zero-order valence-electron chi connectivity index (χ0n) is 11.5. The smallest absolute Gasteiger partial charge is 0.341 e. The third kappa shape index (κ3) is 3.24. The van der Waals surface area contributed by atoms with Gasteiger partial charge >= 0.3 is 5.97 Å². The topological polar surface area (TPSA) is 52.1 Å². The predicted molar refractivity (Wildman–Crippen MR) is 83.1 cm³/mol. The molecule has 0 amide bonds. The van der Waals surface area contributed by atoms with E-state index in [1.807, 2.05) is 25.3 Å². The van der Waals surface area contributed by atoms with Crippen molar-refractivity contribution in [3.63, 3.8) is 0 Å². The van der Waals surface area contributed by atoms with E-state index in [0.717, 1.165) is 15.0 Å². The van der Waals surface area contributed by atoms with Crippen LogP contribution < -0.4 is 0 Å². The summed E-state index contributed by atoms with van der Waals surface area (Å²) >= 11 is 4.98. The van der Waals surface area contributed by atoms with Crippen molar-refractivity contribution in [3.8, 4) is 10.7 Å². The molecule has 0 aliphatic rings. The van der Waals surface area contributed by atoms with Crippen LogP contribution in [-0.2, 0) is 4.74 Å². The van der Waals surface area contributed by atoms with E-state index < -0.39 is 0 Å². The SMILES string of the molecule is CCOC(=O)c1cnc(-c2cc(Br)cs2)nc1C(C)C. The number of carbonyl (C=O) groups excluding carboxylic acids is 1. The lowest BCUT2D eigenvalue weighted by molar-refractivity contribution is 0.0523. The quantitative estimate of drug-likeness (QED) is 0.769. The van der Waals surface area contributed by atoms with Crippen LogP contribution >= 0.6 is 27.3 Å². The maximum atomic E-state index is 11.9. The van der Waals surface area contributed by atoms with Crippen molar-refractivity contribution in [1.29, 1.82) is 0 Å². The number of thiophene rings is 1. The number of hydrogen-bond acceptors (Lipinski definition) is 5. The Balaban J connectivity index is 2.45. The minimum Gasteiger partial charge on any atom is -0.462 e. The molecule has 0 bridgehead atoms. The highest BCUT2D eigenvalue weighted by atomic mass is 79.9. The fourth-order valence-corrected chi connectivity index (χ4v) is 3.12. The summed E-state index contributed by atoms with van der Waals surface area (Å²) in [6.07, 6.45) is 1.56. The molecule has 2 heterocycles. The summed E-state index contributed by atoms with van der Waals surface area (Å²) in [5.74, 6) is 0.395. The molecule has 0 spiro atoms. The molecular weight excluding hydrogens is 340 g/mol. The first-order chi connectivity index (χ1) is 9.52. The van der Waals surface area contributed by atoms with Gasteiger partial charge in [0.2, 0.25) is 0 Å². The molecule has 0 unspecified atom stereocenters. The van der Waals surface area contributed by atoms with E-state index in [9.17, 15) is 4.79 Å². The van der Waals surface area contributed by atoms with Gasteiger partial charge in [0.1, 0.15) is 0 Å². The second kappa shape index (κ2) is 6.45. The molecule has 106 valence electrons. The van der Waals surface area contributed by atoms with Gasteiger partial charge in [-0.1, -0.05) is 13.8 Å². The Bertz CT molecular complexity index is 625. The van der Waals surface area contributed by atoms with Gasteiger partial charge in [0.15, 0.2) is 5.82 Å². The van der Waals surface area contributed by atoms with Crippen molar-refractivity contribution in [2.45, 2.75) is 26.7 Å². The molecular formula is C14H15BrN2O2S. The van der Waals surface area contributed by atoms with E-state index in [1.165, 1.54) is 0 Å². The molecule has 0 N–H and O–H groups in total. The molecule has 2 aromatic rings. The number of hydrogen-bond donors (Lipinski definition) is 0. The number of rotatable bonds is 4. The number of halogens is 1. The van der Waals surface area contributed by atoms with Crippen molar-refractivity contribution in [2.75, 3.05) is 6.61 Å². The highest BCUT2D eigenvalue weighted by Crippen LogP contribution is 2.29. The van der Waals surface area contributed by atoms with Gasteiger partial charge < -0.3 is 4.74 Å². The zero-order valence-corrected chi connectivity index (χ0v) is 13.9. The maximum Gasteiger partial charge on any atom is 0.341 e. The normalized spacial score (nSPS) is 10.8. The highest BCUT2D eigenvalue weighted by Gasteiger charge is 2.19. The van der Waals surface area contributed by atoms with Crippen molar-refractivity contribution >= 4 is 33.2 Å². The summed E-state index contributed by atoms with van der Waals surface area (Å²) in [5.41, 5.74) is 1.17. The molecule has 0 fully saturated rings. The number of esters is 1. The van der Waals surface area contributed by atoms with Gasteiger partial charge in [0, 0.05) is 16.0 Å². The molecule has 0 aliphatic carbocycles. The first-order valence-electron chi connectivity index (χ1n) is 6.31. The van der Waals surface area contributed by atoms with Gasteiger partial charge in [0.05, 0.1) is 22.7 Å². The monoisotopic (exact) mass is 354 g/mol. The summed E-state index contributed by atoms with van der Waals surface area (Å²) in [5, 5.41) is 1.98. The Labute approximate surface area is 130 Å². The summed E-state index contributed by atoms with van der Waals surface area (Å²) in [4.78, 5) is 21.7. The molecule has 0 saturated carbocycles. The average Bonchev–Trinajstić information content (AvgIpc) is 2.85. The second-order valence-electron chi connectivity index (χ2n) is 4.50. The molecule has 2 rings (SSSR count). The van der Waals surface area contributed by atoms with Crippen LogP contribution in [0.2, 0.25) is 0 Å². The number of nitrogens with zero attached hydrogens (tertiary/aromatic N) is 2. The fraction of sp³-hybridized carbons (Fsp3) is 0.357. The van der Waals surface area contributed by atoms with E-state index in [4.69, 9.17) is 4.74 Å². The van der Waals surface area contributed by atoms with Crippen LogP contribution in [0.5, 0.6) is 0 Å². The predicted octanol–water partition coefficient (Wildman–Crippen LogP) is 4.27. The lowest BCUT2D eigenvalue weighted by atomic mass is 10.1. The maximum absolute atomic E-state index is 11.9. The van der Waals surface area contributed by atoms with E-state index in [0.29, 0.717) is 18.0 Å². The summed E-state index contributed by atoms with van der Waals surface area (Å²) in [6, 6.07) is 1.97. The number of ether oxygens (including phenoxy) is 1. The Kier molecular flexibility index (Phi) is 4.88. The third-order valence-electron chi connectivity index (χ3n) is 2.65. The van der Waals surface area contributed by atoms with Crippen molar-refractivity contribution in [3.05, 3.63) is 33.4 Å².